The second-order valence-electron chi connectivity index (χ2n) is 9.71. The maximum absolute atomic E-state index is 13.2. The van der Waals surface area contributed by atoms with E-state index in [2.05, 4.69) is 25.9 Å². The zero-order chi connectivity index (χ0) is 25.3. The highest BCUT2D eigenvalue weighted by molar-refractivity contribution is 6.51. The minimum Gasteiger partial charge on any atom is -0.507 e. The molecule has 35 heavy (non-hydrogen) atoms. The number of rotatable bonds is 6. The molecule has 1 saturated heterocycles. The highest BCUT2D eigenvalue weighted by Gasteiger charge is 2.48. The summed E-state index contributed by atoms with van der Waals surface area (Å²) in [5.41, 5.74) is 2.15. The number of Topliss-reactive ketones (excluding diaryl/α,β-unsaturated/α-hetero) is 1. The number of aliphatic hydroxyl groups is 1. The first kappa shape index (κ1) is 24.3. The number of carbonyl (C=O) groups excluding carboxylic acids is 2. The first-order chi connectivity index (χ1) is 16.6. The van der Waals surface area contributed by atoms with E-state index in [1.165, 1.54) is 4.90 Å². The van der Waals surface area contributed by atoms with E-state index in [1.54, 1.807) is 37.3 Å². The van der Waals surface area contributed by atoms with Crippen molar-refractivity contribution in [3.63, 3.8) is 0 Å². The Morgan fingerprint density at radius 2 is 1.74 bits per heavy atom. The third kappa shape index (κ3) is 4.71. The van der Waals surface area contributed by atoms with Gasteiger partial charge in [0.1, 0.15) is 17.3 Å². The number of benzene rings is 2. The van der Waals surface area contributed by atoms with Crippen LogP contribution in [0.15, 0.2) is 64.7 Å². The van der Waals surface area contributed by atoms with Gasteiger partial charge in [0.05, 0.1) is 18.2 Å². The molecule has 0 radical (unpaired) electrons. The molecule has 3 aromatic rings. The summed E-state index contributed by atoms with van der Waals surface area (Å²) in [6.45, 7) is 10.6. The molecule has 7 nitrogen and oxygen atoms in total. The standard InChI is InChI=1S/C28H30N2O5/c1-6-15-34-21-13-9-19(10-14-21)25(31)23-24(18-7-11-20(12-8-18)28(3,4)5)30(27(33)26(23)32)22-16-17(2)35-29-22/h7-14,16,24,31H,6,15H2,1-5H3. The van der Waals surface area contributed by atoms with Crippen molar-refractivity contribution in [1.82, 2.24) is 5.16 Å². The molecule has 7 heteroatoms. The van der Waals surface area contributed by atoms with Gasteiger partial charge >= 0.3 is 5.91 Å². The van der Waals surface area contributed by atoms with Gasteiger partial charge in [-0.2, -0.15) is 0 Å². The third-order valence-corrected chi connectivity index (χ3v) is 6.00. The Labute approximate surface area is 205 Å². The van der Waals surface area contributed by atoms with Crippen LogP contribution in [0.4, 0.5) is 5.82 Å². The van der Waals surface area contributed by atoms with E-state index in [0.29, 0.717) is 29.2 Å². The number of hydrogen-bond acceptors (Lipinski definition) is 6. The molecule has 0 aliphatic carbocycles. The van der Waals surface area contributed by atoms with E-state index in [-0.39, 0.29) is 22.6 Å². The van der Waals surface area contributed by atoms with E-state index >= 15 is 0 Å². The SMILES string of the molecule is CCCOc1ccc(C(O)=C2C(=O)C(=O)N(c3cc(C)on3)C2c2ccc(C(C)(C)C)cc2)cc1. The summed E-state index contributed by atoms with van der Waals surface area (Å²) in [5.74, 6) is -0.412. The summed E-state index contributed by atoms with van der Waals surface area (Å²) in [7, 11) is 0. The van der Waals surface area contributed by atoms with Crippen molar-refractivity contribution >= 4 is 23.3 Å². The molecule has 1 unspecified atom stereocenters. The number of aromatic nitrogens is 1. The second kappa shape index (κ2) is 9.41. The molecule has 1 fully saturated rings. The molecule has 182 valence electrons. The van der Waals surface area contributed by atoms with Crippen LogP contribution in [0.5, 0.6) is 5.75 Å². The topological polar surface area (TPSA) is 92.9 Å². The van der Waals surface area contributed by atoms with Crippen LogP contribution >= 0.6 is 0 Å². The average Bonchev–Trinajstić information content (AvgIpc) is 3.37. The fourth-order valence-corrected chi connectivity index (χ4v) is 4.10. The Morgan fingerprint density at radius 1 is 1.09 bits per heavy atom. The van der Waals surface area contributed by atoms with Gasteiger partial charge in [-0.15, -0.1) is 0 Å². The van der Waals surface area contributed by atoms with Gasteiger partial charge in [0.2, 0.25) is 0 Å². The molecule has 1 atom stereocenters. The molecule has 2 heterocycles. The molecule has 1 amide bonds. The maximum atomic E-state index is 13.2. The zero-order valence-electron chi connectivity index (χ0n) is 20.7. The van der Waals surface area contributed by atoms with Gasteiger partial charge in [0.15, 0.2) is 5.82 Å². The fraction of sp³-hybridized carbons (Fsp3) is 0.321. The minimum atomic E-state index is -0.857. The number of aliphatic hydroxyl groups excluding tert-OH is 1. The molecular weight excluding hydrogens is 444 g/mol. The van der Waals surface area contributed by atoms with Gasteiger partial charge in [-0.25, -0.2) is 0 Å². The van der Waals surface area contributed by atoms with Crippen LogP contribution in [0, 0.1) is 6.92 Å². The summed E-state index contributed by atoms with van der Waals surface area (Å²) < 4.78 is 10.8. The summed E-state index contributed by atoms with van der Waals surface area (Å²) in [4.78, 5) is 27.7. The highest BCUT2D eigenvalue weighted by Crippen LogP contribution is 2.42. The molecule has 0 bridgehead atoms. The van der Waals surface area contributed by atoms with Gasteiger partial charge in [0, 0.05) is 11.6 Å². The van der Waals surface area contributed by atoms with E-state index in [4.69, 9.17) is 9.26 Å². The summed E-state index contributed by atoms with van der Waals surface area (Å²) in [5, 5.41) is 15.2. The van der Waals surface area contributed by atoms with Crippen molar-refractivity contribution in [2.24, 2.45) is 0 Å². The number of ether oxygens (including phenoxy) is 1. The largest absolute Gasteiger partial charge is 0.507 e. The first-order valence-electron chi connectivity index (χ1n) is 11.7. The number of amides is 1. The summed E-state index contributed by atoms with van der Waals surface area (Å²) >= 11 is 0. The molecular formula is C28H30N2O5. The molecule has 2 aromatic carbocycles. The van der Waals surface area contributed by atoms with Gasteiger partial charge in [-0.1, -0.05) is 57.1 Å². The van der Waals surface area contributed by atoms with Crippen LogP contribution in [-0.2, 0) is 15.0 Å². The second-order valence-corrected chi connectivity index (χ2v) is 9.71. The van der Waals surface area contributed by atoms with Crippen LogP contribution in [-0.4, -0.2) is 28.6 Å². The van der Waals surface area contributed by atoms with Gasteiger partial charge in [0.25, 0.3) is 5.78 Å². The van der Waals surface area contributed by atoms with Gasteiger partial charge < -0.3 is 14.4 Å². The molecule has 0 spiro atoms. The first-order valence-corrected chi connectivity index (χ1v) is 11.7. The Morgan fingerprint density at radius 3 is 2.29 bits per heavy atom. The zero-order valence-corrected chi connectivity index (χ0v) is 20.7. The smallest absolute Gasteiger partial charge is 0.301 e. The summed E-state index contributed by atoms with van der Waals surface area (Å²) in [6, 6.07) is 15.3. The monoisotopic (exact) mass is 474 g/mol. The van der Waals surface area contributed by atoms with Crippen LogP contribution < -0.4 is 9.64 Å². The van der Waals surface area contributed by atoms with Crippen molar-refractivity contribution in [2.45, 2.75) is 52.5 Å². The molecule has 1 aliphatic rings. The normalized spacial score (nSPS) is 17.7. The van der Waals surface area contributed by atoms with Crippen molar-refractivity contribution in [3.05, 3.63) is 82.6 Å². The van der Waals surface area contributed by atoms with Gasteiger partial charge in [-0.05, 0) is 54.2 Å². The number of hydrogen-bond donors (Lipinski definition) is 1. The lowest BCUT2D eigenvalue weighted by atomic mass is 9.85. The number of ketones is 1. The fourth-order valence-electron chi connectivity index (χ4n) is 4.10. The van der Waals surface area contributed by atoms with Crippen LogP contribution in [0.3, 0.4) is 0 Å². The molecule has 1 aromatic heterocycles. The lowest BCUT2D eigenvalue weighted by molar-refractivity contribution is -0.132. The highest BCUT2D eigenvalue weighted by atomic mass is 16.5. The van der Waals surface area contributed by atoms with E-state index in [0.717, 1.165) is 12.0 Å². The van der Waals surface area contributed by atoms with E-state index in [9.17, 15) is 14.7 Å². The van der Waals surface area contributed by atoms with Crippen LogP contribution in [0.25, 0.3) is 5.76 Å². The lowest BCUT2D eigenvalue weighted by Crippen LogP contribution is -2.29. The lowest BCUT2D eigenvalue weighted by Gasteiger charge is -2.24. The molecule has 0 saturated carbocycles. The predicted octanol–water partition coefficient (Wildman–Crippen LogP) is 5.70. The number of aryl methyl sites for hydroxylation is 1. The number of nitrogens with zero attached hydrogens (tertiary/aromatic N) is 2. The molecule has 1 N–H and O–H groups in total. The average molecular weight is 475 g/mol. The third-order valence-electron chi connectivity index (χ3n) is 6.00. The van der Waals surface area contributed by atoms with Crippen molar-refractivity contribution in [1.29, 1.82) is 0 Å². The van der Waals surface area contributed by atoms with Crippen LogP contribution in [0.2, 0.25) is 0 Å². The Balaban J connectivity index is 1.83. The van der Waals surface area contributed by atoms with Gasteiger partial charge in [-0.3, -0.25) is 14.5 Å². The van der Waals surface area contributed by atoms with Crippen LogP contribution in [0.1, 0.15) is 62.6 Å². The van der Waals surface area contributed by atoms with E-state index < -0.39 is 17.7 Å². The quantitative estimate of drug-likeness (QED) is 0.280. The Bertz CT molecular complexity index is 1260. The summed E-state index contributed by atoms with van der Waals surface area (Å²) in [6.07, 6.45) is 0.876. The van der Waals surface area contributed by atoms with Crippen molar-refractivity contribution < 1.29 is 24.0 Å². The number of anilines is 1. The van der Waals surface area contributed by atoms with Crippen molar-refractivity contribution in [3.8, 4) is 5.75 Å². The predicted molar refractivity (Wildman–Crippen MR) is 133 cm³/mol. The molecule has 4 rings (SSSR count). The van der Waals surface area contributed by atoms with Crippen molar-refractivity contribution in [2.75, 3.05) is 11.5 Å². The molecule has 1 aliphatic heterocycles. The maximum Gasteiger partial charge on any atom is 0.301 e. The Kier molecular flexibility index (Phi) is 6.52. The number of carbonyl (C=O) groups is 2. The van der Waals surface area contributed by atoms with E-state index in [1.807, 2.05) is 31.2 Å². The minimum absolute atomic E-state index is 0.00129. The Hall–Kier alpha value is -3.87.